The number of carbonyl (C=O) groups is 1. The number of ether oxygens (including phenoxy) is 3. The maximum Gasteiger partial charge on any atom is 0.204 e. The lowest BCUT2D eigenvalue weighted by molar-refractivity contribution is 0.101. The van der Waals surface area contributed by atoms with E-state index in [1.54, 1.807) is 0 Å². The van der Waals surface area contributed by atoms with Gasteiger partial charge in [0.05, 0.1) is 26.9 Å². The molecule has 0 aliphatic rings. The first-order chi connectivity index (χ1) is 8.84. The van der Waals surface area contributed by atoms with Gasteiger partial charge in [-0.1, -0.05) is 0 Å². The van der Waals surface area contributed by atoms with E-state index in [4.69, 9.17) is 14.2 Å². The van der Waals surface area contributed by atoms with E-state index in [1.807, 2.05) is 0 Å². The number of methoxy groups -OCH3 is 3. The van der Waals surface area contributed by atoms with Crippen LogP contribution in [0.25, 0.3) is 0 Å². The van der Waals surface area contributed by atoms with E-state index in [2.05, 4.69) is 0 Å². The molecule has 0 spiro atoms. The lowest BCUT2D eigenvalue weighted by Gasteiger charge is -2.14. The van der Waals surface area contributed by atoms with Crippen LogP contribution in [-0.2, 0) is 9.84 Å². The SMILES string of the molecule is COc1ccc(C(=O)CS(C)(=O)=O)c(OC)c1OC. The predicted molar refractivity (Wildman–Crippen MR) is 70.1 cm³/mol. The number of ketones is 1. The Bertz CT molecular complexity index is 576. The van der Waals surface area contributed by atoms with Crippen molar-refractivity contribution in [1.29, 1.82) is 0 Å². The van der Waals surface area contributed by atoms with Crippen LogP contribution < -0.4 is 14.2 Å². The Balaban J connectivity index is 3.33. The highest BCUT2D eigenvalue weighted by Crippen LogP contribution is 2.39. The van der Waals surface area contributed by atoms with E-state index < -0.39 is 21.4 Å². The van der Waals surface area contributed by atoms with Gasteiger partial charge < -0.3 is 14.2 Å². The van der Waals surface area contributed by atoms with Crippen LogP contribution in [-0.4, -0.2) is 47.5 Å². The summed E-state index contributed by atoms with van der Waals surface area (Å²) in [5.41, 5.74) is 0.144. The molecule has 0 bridgehead atoms. The molecule has 19 heavy (non-hydrogen) atoms. The van der Waals surface area contributed by atoms with Crippen molar-refractivity contribution in [2.75, 3.05) is 33.3 Å². The van der Waals surface area contributed by atoms with Crippen molar-refractivity contribution < 1.29 is 27.4 Å². The molecular formula is C12H16O6S. The fourth-order valence-electron chi connectivity index (χ4n) is 1.64. The third kappa shape index (κ3) is 3.60. The van der Waals surface area contributed by atoms with Gasteiger partial charge in [-0.2, -0.15) is 0 Å². The highest BCUT2D eigenvalue weighted by atomic mass is 32.2. The molecule has 106 valence electrons. The van der Waals surface area contributed by atoms with Gasteiger partial charge in [0.2, 0.25) is 5.75 Å². The molecule has 0 aliphatic heterocycles. The lowest BCUT2D eigenvalue weighted by Crippen LogP contribution is -2.15. The minimum atomic E-state index is -3.41. The Kier molecular flexibility index (Phi) is 4.77. The molecule has 0 saturated heterocycles. The summed E-state index contributed by atoms with van der Waals surface area (Å²) in [6, 6.07) is 2.98. The van der Waals surface area contributed by atoms with Crippen LogP contribution >= 0.6 is 0 Å². The minimum absolute atomic E-state index is 0.144. The van der Waals surface area contributed by atoms with E-state index >= 15 is 0 Å². The van der Waals surface area contributed by atoms with Crippen LogP contribution in [0.1, 0.15) is 10.4 Å². The first-order valence-corrected chi connectivity index (χ1v) is 7.40. The molecule has 0 fully saturated rings. The molecule has 6 nitrogen and oxygen atoms in total. The molecule has 1 rings (SSSR count). The smallest absolute Gasteiger partial charge is 0.204 e. The highest BCUT2D eigenvalue weighted by Gasteiger charge is 2.22. The van der Waals surface area contributed by atoms with Crippen molar-refractivity contribution in [2.24, 2.45) is 0 Å². The van der Waals surface area contributed by atoms with E-state index in [1.165, 1.54) is 33.5 Å². The number of benzene rings is 1. The third-order valence-electron chi connectivity index (χ3n) is 2.40. The third-order valence-corrected chi connectivity index (χ3v) is 3.18. The van der Waals surface area contributed by atoms with Gasteiger partial charge in [-0.05, 0) is 12.1 Å². The van der Waals surface area contributed by atoms with Crippen molar-refractivity contribution in [3.05, 3.63) is 17.7 Å². The van der Waals surface area contributed by atoms with E-state index in [0.717, 1.165) is 6.26 Å². The molecule has 0 N–H and O–H groups in total. The summed E-state index contributed by atoms with van der Waals surface area (Å²) in [4.78, 5) is 12.0. The van der Waals surface area contributed by atoms with Gasteiger partial charge in [0.15, 0.2) is 27.1 Å². The van der Waals surface area contributed by atoms with E-state index in [0.29, 0.717) is 5.75 Å². The zero-order chi connectivity index (χ0) is 14.6. The fourth-order valence-corrected chi connectivity index (χ4v) is 2.27. The van der Waals surface area contributed by atoms with Crippen molar-refractivity contribution in [3.63, 3.8) is 0 Å². The standard InChI is InChI=1S/C12H16O6S/c1-16-10-6-5-8(9(13)7-19(4,14)15)11(17-2)12(10)18-3/h5-6H,7H2,1-4H3. The summed E-state index contributed by atoms with van der Waals surface area (Å²) in [5, 5.41) is 0. The summed E-state index contributed by atoms with van der Waals surface area (Å²) in [5.74, 6) is -0.325. The number of hydrogen-bond donors (Lipinski definition) is 0. The zero-order valence-electron chi connectivity index (χ0n) is 11.2. The molecule has 0 heterocycles. The molecule has 1 aromatic carbocycles. The molecule has 0 aliphatic carbocycles. The normalized spacial score (nSPS) is 10.9. The Hall–Kier alpha value is -1.76. The summed E-state index contributed by atoms with van der Waals surface area (Å²) in [7, 11) is 0.822. The molecule has 0 radical (unpaired) electrons. The molecule has 0 saturated carbocycles. The number of Topliss-reactive ketones (excluding diaryl/α,β-unsaturated/α-hetero) is 1. The quantitative estimate of drug-likeness (QED) is 0.725. The van der Waals surface area contributed by atoms with Gasteiger partial charge in [-0.25, -0.2) is 8.42 Å². The van der Waals surface area contributed by atoms with Crippen molar-refractivity contribution in [2.45, 2.75) is 0 Å². The van der Waals surface area contributed by atoms with Crippen LogP contribution in [0.2, 0.25) is 0 Å². The predicted octanol–water partition coefficient (Wildman–Crippen LogP) is 0.940. The molecule has 0 amide bonds. The van der Waals surface area contributed by atoms with Gasteiger partial charge in [-0.3, -0.25) is 4.79 Å². The number of hydrogen-bond acceptors (Lipinski definition) is 6. The first-order valence-electron chi connectivity index (χ1n) is 5.34. The maximum atomic E-state index is 12.0. The Morgan fingerprint density at radius 1 is 1.05 bits per heavy atom. The average molecular weight is 288 g/mol. The Morgan fingerprint density at radius 3 is 2.05 bits per heavy atom. The van der Waals surface area contributed by atoms with E-state index in [-0.39, 0.29) is 17.1 Å². The monoisotopic (exact) mass is 288 g/mol. The van der Waals surface area contributed by atoms with Gasteiger partial charge >= 0.3 is 0 Å². The number of rotatable bonds is 6. The van der Waals surface area contributed by atoms with Crippen LogP contribution in [0.4, 0.5) is 0 Å². The van der Waals surface area contributed by atoms with Crippen molar-refractivity contribution in [3.8, 4) is 17.2 Å². The number of carbonyl (C=O) groups excluding carboxylic acids is 1. The van der Waals surface area contributed by atoms with Gasteiger partial charge in [0.1, 0.15) is 5.75 Å². The summed E-state index contributed by atoms with van der Waals surface area (Å²) in [6.45, 7) is 0. The maximum absolute atomic E-state index is 12.0. The number of sulfone groups is 1. The molecule has 7 heteroatoms. The van der Waals surface area contributed by atoms with E-state index in [9.17, 15) is 13.2 Å². The average Bonchev–Trinajstić information content (AvgIpc) is 2.34. The van der Waals surface area contributed by atoms with Gasteiger partial charge in [0, 0.05) is 6.26 Å². The molecule has 0 atom stereocenters. The second-order valence-electron chi connectivity index (χ2n) is 3.88. The van der Waals surface area contributed by atoms with Gasteiger partial charge in [-0.15, -0.1) is 0 Å². The van der Waals surface area contributed by atoms with Crippen molar-refractivity contribution >= 4 is 15.6 Å². The topological polar surface area (TPSA) is 78.9 Å². The molecule has 1 aromatic rings. The van der Waals surface area contributed by atoms with Crippen molar-refractivity contribution in [1.82, 2.24) is 0 Å². The largest absolute Gasteiger partial charge is 0.493 e. The van der Waals surface area contributed by atoms with Crippen LogP contribution in [0, 0.1) is 0 Å². The van der Waals surface area contributed by atoms with Crippen LogP contribution in [0.15, 0.2) is 12.1 Å². The van der Waals surface area contributed by atoms with Crippen LogP contribution in [0.5, 0.6) is 17.2 Å². The Labute approximate surface area is 112 Å². The molecule has 0 unspecified atom stereocenters. The lowest BCUT2D eigenvalue weighted by atomic mass is 10.1. The summed E-state index contributed by atoms with van der Waals surface area (Å²) in [6.07, 6.45) is 0.998. The zero-order valence-corrected chi connectivity index (χ0v) is 12.0. The summed E-state index contributed by atoms with van der Waals surface area (Å²) >= 11 is 0. The molecular weight excluding hydrogens is 272 g/mol. The minimum Gasteiger partial charge on any atom is -0.493 e. The molecule has 0 aromatic heterocycles. The summed E-state index contributed by atoms with van der Waals surface area (Å²) < 4.78 is 37.7. The second-order valence-corrected chi connectivity index (χ2v) is 6.02. The van der Waals surface area contributed by atoms with Gasteiger partial charge in [0.25, 0.3) is 0 Å². The highest BCUT2D eigenvalue weighted by molar-refractivity contribution is 7.91. The Morgan fingerprint density at radius 2 is 1.63 bits per heavy atom. The van der Waals surface area contributed by atoms with Crippen LogP contribution in [0.3, 0.4) is 0 Å². The first kappa shape index (κ1) is 15.3. The fraction of sp³-hybridized carbons (Fsp3) is 0.417. The second kappa shape index (κ2) is 5.92.